The Labute approximate surface area is 114 Å². The molecule has 0 radical (unpaired) electrons. The molecule has 1 unspecified atom stereocenters. The molecule has 0 saturated carbocycles. The maximum Gasteiger partial charge on any atom is 0.147 e. The van der Waals surface area contributed by atoms with Crippen molar-refractivity contribution < 1.29 is 8.42 Å². The van der Waals surface area contributed by atoms with Crippen LogP contribution in [0, 0.1) is 0 Å². The van der Waals surface area contributed by atoms with Crippen molar-refractivity contribution in [1.82, 2.24) is 0 Å². The molecular formula is C15H19NO2S. The highest BCUT2D eigenvalue weighted by Crippen LogP contribution is 2.16. The van der Waals surface area contributed by atoms with Gasteiger partial charge in [-0.2, -0.15) is 0 Å². The van der Waals surface area contributed by atoms with Gasteiger partial charge in [0.1, 0.15) is 9.84 Å². The van der Waals surface area contributed by atoms with Gasteiger partial charge >= 0.3 is 0 Å². The largest absolute Gasteiger partial charge is 0.327 e. The van der Waals surface area contributed by atoms with E-state index < -0.39 is 9.84 Å². The first kappa shape index (κ1) is 14.0. The average molecular weight is 277 g/mol. The summed E-state index contributed by atoms with van der Waals surface area (Å²) in [7, 11) is -2.93. The third-order valence-electron chi connectivity index (χ3n) is 3.17. The lowest BCUT2D eigenvalue weighted by atomic mass is 10.0. The number of benzene rings is 2. The van der Waals surface area contributed by atoms with Gasteiger partial charge in [-0.3, -0.25) is 0 Å². The summed E-state index contributed by atoms with van der Waals surface area (Å²) in [6, 6.07) is 14.3. The van der Waals surface area contributed by atoms with E-state index in [1.54, 1.807) is 0 Å². The number of hydrogen-bond acceptors (Lipinski definition) is 3. The fourth-order valence-electron chi connectivity index (χ4n) is 2.14. The molecule has 1 atom stereocenters. The number of nitrogens with two attached hydrogens (primary N) is 1. The second kappa shape index (κ2) is 5.72. The lowest BCUT2D eigenvalue weighted by Crippen LogP contribution is -2.25. The van der Waals surface area contributed by atoms with Crippen LogP contribution in [0.1, 0.15) is 12.0 Å². The lowest BCUT2D eigenvalue weighted by molar-refractivity contribution is 0.586. The standard InChI is InChI=1S/C15H19NO2S/c1-19(17,18)9-8-15(16)11-12-6-7-13-4-2-3-5-14(13)10-12/h2-7,10,15H,8-9,11,16H2,1H3. The lowest BCUT2D eigenvalue weighted by Gasteiger charge is -2.11. The maximum absolute atomic E-state index is 11.1. The van der Waals surface area contributed by atoms with Gasteiger partial charge in [0.15, 0.2) is 0 Å². The Hall–Kier alpha value is -1.39. The second-order valence-electron chi connectivity index (χ2n) is 5.06. The third-order valence-corrected chi connectivity index (χ3v) is 4.15. The highest BCUT2D eigenvalue weighted by molar-refractivity contribution is 7.90. The smallest absolute Gasteiger partial charge is 0.147 e. The van der Waals surface area contributed by atoms with Crippen molar-refractivity contribution in [3.8, 4) is 0 Å². The summed E-state index contributed by atoms with van der Waals surface area (Å²) < 4.78 is 22.2. The monoisotopic (exact) mass is 277 g/mol. The molecule has 0 aliphatic rings. The predicted molar refractivity (Wildman–Crippen MR) is 80.0 cm³/mol. The van der Waals surface area contributed by atoms with Gasteiger partial charge in [-0.15, -0.1) is 0 Å². The Morgan fingerprint density at radius 3 is 2.47 bits per heavy atom. The van der Waals surface area contributed by atoms with Crippen molar-refractivity contribution >= 4 is 20.6 Å². The number of rotatable bonds is 5. The molecular weight excluding hydrogens is 258 g/mol. The van der Waals surface area contributed by atoms with Crippen molar-refractivity contribution in [3.05, 3.63) is 48.0 Å². The van der Waals surface area contributed by atoms with Gasteiger partial charge < -0.3 is 5.73 Å². The van der Waals surface area contributed by atoms with Crippen molar-refractivity contribution in [1.29, 1.82) is 0 Å². The molecule has 102 valence electrons. The van der Waals surface area contributed by atoms with E-state index in [9.17, 15) is 8.42 Å². The van der Waals surface area contributed by atoms with Crippen LogP contribution >= 0.6 is 0 Å². The molecule has 0 bridgehead atoms. The van der Waals surface area contributed by atoms with Gasteiger partial charge in [0.25, 0.3) is 0 Å². The number of hydrogen-bond donors (Lipinski definition) is 1. The highest BCUT2D eigenvalue weighted by atomic mass is 32.2. The van der Waals surface area contributed by atoms with Crippen LogP contribution in [-0.4, -0.2) is 26.5 Å². The molecule has 2 rings (SSSR count). The first-order chi connectivity index (χ1) is 8.94. The van der Waals surface area contributed by atoms with Gasteiger partial charge in [0, 0.05) is 12.3 Å². The molecule has 0 saturated heterocycles. The molecule has 0 amide bonds. The zero-order chi connectivity index (χ0) is 13.9. The Morgan fingerprint density at radius 2 is 1.79 bits per heavy atom. The first-order valence-corrected chi connectivity index (χ1v) is 8.41. The molecule has 0 aromatic heterocycles. The van der Waals surface area contributed by atoms with E-state index in [-0.39, 0.29) is 11.8 Å². The Balaban J connectivity index is 2.04. The molecule has 19 heavy (non-hydrogen) atoms. The van der Waals surface area contributed by atoms with E-state index in [1.807, 2.05) is 12.1 Å². The molecule has 3 nitrogen and oxygen atoms in total. The molecule has 0 aliphatic carbocycles. The minimum absolute atomic E-state index is 0.115. The van der Waals surface area contributed by atoms with E-state index in [1.165, 1.54) is 17.0 Å². The van der Waals surface area contributed by atoms with Crippen LogP contribution in [0.3, 0.4) is 0 Å². The van der Waals surface area contributed by atoms with Gasteiger partial charge in [0.05, 0.1) is 5.75 Å². The number of sulfone groups is 1. The zero-order valence-corrected chi connectivity index (χ0v) is 11.9. The fourth-order valence-corrected chi connectivity index (χ4v) is 2.87. The minimum atomic E-state index is -2.93. The minimum Gasteiger partial charge on any atom is -0.327 e. The Bertz CT molecular complexity index is 665. The average Bonchev–Trinajstić information content (AvgIpc) is 2.35. The van der Waals surface area contributed by atoms with Crippen molar-refractivity contribution in [3.63, 3.8) is 0 Å². The van der Waals surface area contributed by atoms with Gasteiger partial charge in [0.2, 0.25) is 0 Å². The van der Waals surface area contributed by atoms with Crippen LogP contribution < -0.4 is 5.73 Å². The van der Waals surface area contributed by atoms with Gasteiger partial charge in [-0.05, 0) is 29.2 Å². The van der Waals surface area contributed by atoms with E-state index in [0.717, 1.165) is 5.56 Å². The summed E-state index contributed by atoms with van der Waals surface area (Å²) in [6.07, 6.45) is 2.46. The maximum atomic E-state index is 11.1. The summed E-state index contributed by atoms with van der Waals surface area (Å²) in [5, 5.41) is 2.39. The van der Waals surface area contributed by atoms with Gasteiger partial charge in [-0.25, -0.2) is 8.42 Å². The molecule has 4 heteroatoms. The van der Waals surface area contributed by atoms with Crippen LogP contribution in [0.25, 0.3) is 10.8 Å². The van der Waals surface area contributed by atoms with Crippen molar-refractivity contribution in [2.45, 2.75) is 18.9 Å². The molecule has 2 N–H and O–H groups in total. The Kier molecular flexibility index (Phi) is 4.22. The van der Waals surface area contributed by atoms with Crippen molar-refractivity contribution in [2.75, 3.05) is 12.0 Å². The topological polar surface area (TPSA) is 60.2 Å². The second-order valence-corrected chi connectivity index (χ2v) is 7.32. The van der Waals surface area contributed by atoms with Crippen molar-refractivity contribution in [2.24, 2.45) is 5.73 Å². The summed E-state index contributed by atoms with van der Waals surface area (Å²) in [5.41, 5.74) is 7.15. The van der Waals surface area contributed by atoms with Crippen LogP contribution in [0.5, 0.6) is 0 Å². The summed E-state index contributed by atoms with van der Waals surface area (Å²) in [5.74, 6) is 0.155. The SMILES string of the molecule is CS(=O)(=O)CCC(N)Cc1ccc2ccccc2c1. The quantitative estimate of drug-likeness (QED) is 0.911. The fraction of sp³-hybridized carbons (Fsp3) is 0.333. The van der Waals surface area contributed by atoms with Crippen LogP contribution in [-0.2, 0) is 16.3 Å². The summed E-state index contributed by atoms with van der Waals surface area (Å²) in [6.45, 7) is 0. The molecule has 0 fully saturated rings. The molecule has 0 heterocycles. The number of fused-ring (bicyclic) bond motifs is 1. The highest BCUT2D eigenvalue weighted by Gasteiger charge is 2.09. The van der Waals surface area contributed by atoms with Crippen LogP contribution in [0.15, 0.2) is 42.5 Å². The molecule has 2 aromatic rings. The zero-order valence-electron chi connectivity index (χ0n) is 11.0. The molecule has 0 aliphatic heterocycles. The van der Waals surface area contributed by atoms with Gasteiger partial charge in [-0.1, -0.05) is 42.5 Å². The summed E-state index contributed by atoms with van der Waals surface area (Å²) >= 11 is 0. The molecule has 2 aromatic carbocycles. The third kappa shape index (κ3) is 4.33. The van der Waals surface area contributed by atoms with E-state index >= 15 is 0 Å². The van der Waals surface area contributed by atoms with E-state index in [4.69, 9.17) is 5.73 Å². The Morgan fingerprint density at radius 1 is 1.11 bits per heavy atom. The van der Waals surface area contributed by atoms with E-state index in [2.05, 4.69) is 30.3 Å². The summed E-state index contributed by atoms with van der Waals surface area (Å²) in [4.78, 5) is 0. The molecule has 0 spiro atoms. The van der Waals surface area contributed by atoms with E-state index in [0.29, 0.717) is 12.8 Å². The van der Waals surface area contributed by atoms with Crippen LogP contribution in [0.4, 0.5) is 0 Å². The first-order valence-electron chi connectivity index (χ1n) is 6.35. The predicted octanol–water partition coefficient (Wildman–Crippen LogP) is 2.14. The normalized spacial score (nSPS) is 13.6. The van der Waals surface area contributed by atoms with Crippen LogP contribution in [0.2, 0.25) is 0 Å².